The molecule has 106 valence electrons. The average Bonchev–Trinajstić information content (AvgIpc) is 2.89. The number of amides is 3. The summed E-state index contributed by atoms with van der Waals surface area (Å²) in [6.07, 6.45) is 8.42. The molecule has 1 saturated carbocycles. The number of carbonyl (C=O) groups excluding carboxylic acids is 2. The molecule has 3 aliphatic rings. The van der Waals surface area contributed by atoms with Crippen molar-refractivity contribution in [2.75, 3.05) is 19.8 Å². The van der Waals surface area contributed by atoms with Crippen molar-refractivity contribution in [2.45, 2.75) is 56.9 Å². The van der Waals surface area contributed by atoms with Crippen LogP contribution in [0.2, 0.25) is 0 Å². The molecule has 2 aliphatic heterocycles. The summed E-state index contributed by atoms with van der Waals surface area (Å²) in [5.41, 5.74) is -0.576. The van der Waals surface area contributed by atoms with Gasteiger partial charge in [-0.05, 0) is 38.8 Å². The van der Waals surface area contributed by atoms with Crippen LogP contribution in [0.5, 0.6) is 0 Å². The zero-order chi connectivity index (χ0) is 13.3. The van der Waals surface area contributed by atoms with Gasteiger partial charge in [-0.25, -0.2) is 9.69 Å². The Labute approximate surface area is 114 Å². The van der Waals surface area contributed by atoms with E-state index in [1.165, 1.54) is 30.6 Å². The second-order valence-electron chi connectivity index (χ2n) is 6.13. The molecule has 5 heteroatoms. The summed E-state index contributed by atoms with van der Waals surface area (Å²) in [5, 5.41) is 2.99. The fourth-order valence-corrected chi connectivity index (χ4v) is 3.60. The Morgan fingerprint density at radius 1 is 0.947 bits per heavy atom. The molecule has 3 amide bonds. The second-order valence-corrected chi connectivity index (χ2v) is 6.13. The predicted octanol–water partition coefficient (Wildman–Crippen LogP) is 1.68. The van der Waals surface area contributed by atoms with Gasteiger partial charge in [-0.2, -0.15) is 0 Å². The first-order valence-corrected chi connectivity index (χ1v) is 7.58. The van der Waals surface area contributed by atoms with E-state index in [4.69, 9.17) is 0 Å². The first-order chi connectivity index (χ1) is 9.21. The topological polar surface area (TPSA) is 52.7 Å². The van der Waals surface area contributed by atoms with Crippen molar-refractivity contribution in [1.82, 2.24) is 15.1 Å². The third kappa shape index (κ3) is 2.36. The molecule has 5 nitrogen and oxygen atoms in total. The van der Waals surface area contributed by atoms with Gasteiger partial charge in [0.1, 0.15) is 5.54 Å². The SMILES string of the molecule is O=C1NC2(CCCCCC2)C(=O)N1CN1CCCC1. The summed E-state index contributed by atoms with van der Waals surface area (Å²) >= 11 is 0. The van der Waals surface area contributed by atoms with E-state index in [2.05, 4.69) is 10.2 Å². The molecule has 3 fully saturated rings. The van der Waals surface area contributed by atoms with Gasteiger partial charge >= 0.3 is 6.03 Å². The standard InChI is InChI=1S/C14H23N3O2/c18-12-14(7-3-1-2-4-8-14)15-13(19)17(12)11-16-9-5-6-10-16/h1-11H2,(H,15,19). The van der Waals surface area contributed by atoms with Crippen LogP contribution >= 0.6 is 0 Å². The van der Waals surface area contributed by atoms with Crippen LogP contribution in [-0.2, 0) is 4.79 Å². The smallest absolute Gasteiger partial charge is 0.323 e. The number of urea groups is 1. The molecule has 0 bridgehead atoms. The van der Waals surface area contributed by atoms with E-state index < -0.39 is 5.54 Å². The molecule has 1 N–H and O–H groups in total. The van der Waals surface area contributed by atoms with Crippen LogP contribution in [0.1, 0.15) is 51.4 Å². The maximum Gasteiger partial charge on any atom is 0.326 e. The van der Waals surface area contributed by atoms with Gasteiger partial charge in [-0.15, -0.1) is 0 Å². The number of hydrogen-bond acceptors (Lipinski definition) is 3. The van der Waals surface area contributed by atoms with Crippen LogP contribution in [0.3, 0.4) is 0 Å². The van der Waals surface area contributed by atoms with Crippen LogP contribution in [0.25, 0.3) is 0 Å². The maximum absolute atomic E-state index is 12.6. The van der Waals surface area contributed by atoms with Crippen LogP contribution in [0, 0.1) is 0 Å². The molecule has 0 atom stereocenters. The predicted molar refractivity (Wildman–Crippen MR) is 71.5 cm³/mol. The lowest BCUT2D eigenvalue weighted by Crippen LogP contribution is -2.47. The third-order valence-electron chi connectivity index (χ3n) is 4.74. The number of nitrogens with zero attached hydrogens (tertiary/aromatic N) is 2. The molecule has 1 aliphatic carbocycles. The highest BCUT2D eigenvalue weighted by molar-refractivity contribution is 6.07. The molecule has 1 spiro atoms. The van der Waals surface area contributed by atoms with E-state index >= 15 is 0 Å². The monoisotopic (exact) mass is 265 g/mol. The minimum absolute atomic E-state index is 0.0197. The maximum atomic E-state index is 12.6. The molecular formula is C14H23N3O2. The zero-order valence-electron chi connectivity index (χ0n) is 11.5. The first-order valence-electron chi connectivity index (χ1n) is 7.58. The van der Waals surface area contributed by atoms with Crippen LogP contribution in [0.15, 0.2) is 0 Å². The Bertz CT molecular complexity index is 369. The first kappa shape index (κ1) is 12.9. The number of rotatable bonds is 2. The summed E-state index contributed by atoms with van der Waals surface area (Å²) in [7, 11) is 0. The Balaban J connectivity index is 1.72. The van der Waals surface area contributed by atoms with E-state index in [1.54, 1.807) is 0 Å². The highest BCUT2D eigenvalue weighted by Gasteiger charge is 2.50. The molecular weight excluding hydrogens is 242 g/mol. The molecule has 2 saturated heterocycles. The Hall–Kier alpha value is -1.10. The van der Waals surface area contributed by atoms with E-state index in [0.717, 1.165) is 38.8 Å². The van der Waals surface area contributed by atoms with Crippen molar-refractivity contribution >= 4 is 11.9 Å². The molecule has 19 heavy (non-hydrogen) atoms. The molecule has 0 radical (unpaired) electrons. The number of hydrogen-bond donors (Lipinski definition) is 1. The molecule has 0 aromatic rings. The number of likely N-dealkylation sites (tertiary alicyclic amines) is 1. The van der Waals surface area contributed by atoms with Gasteiger partial charge in [0, 0.05) is 0 Å². The van der Waals surface area contributed by atoms with E-state index in [1.807, 2.05) is 0 Å². The minimum atomic E-state index is -0.576. The minimum Gasteiger partial charge on any atom is -0.323 e. The van der Waals surface area contributed by atoms with E-state index in [0.29, 0.717) is 6.67 Å². The van der Waals surface area contributed by atoms with Crippen molar-refractivity contribution in [3.8, 4) is 0 Å². The molecule has 2 heterocycles. The van der Waals surface area contributed by atoms with Gasteiger partial charge in [0.05, 0.1) is 6.67 Å². The Morgan fingerprint density at radius 3 is 2.21 bits per heavy atom. The van der Waals surface area contributed by atoms with Gasteiger partial charge < -0.3 is 5.32 Å². The van der Waals surface area contributed by atoms with Gasteiger partial charge in [0.2, 0.25) is 0 Å². The average molecular weight is 265 g/mol. The Morgan fingerprint density at radius 2 is 1.58 bits per heavy atom. The lowest BCUT2D eigenvalue weighted by molar-refractivity contribution is -0.133. The molecule has 0 aromatic carbocycles. The summed E-state index contributed by atoms with van der Waals surface area (Å²) < 4.78 is 0. The van der Waals surface area contributed by atoms with Crippen molar-refractivity contribution < 1.29 is 9.59 Å². The molecule has 0 aromatic heterocycles. The van der Waals surface area contributed by atoms with Gasteiger partial charge in [0.25, 0.3) is 5.91 Å². The van der Waals surface area contributed by atoms with E-state index in [9.17, 15) is 9.59 Å². The normalized spacial score (nSPS) is 27.9. The summed E-state index contributed by atoms with van der Waals surface area (Å²) in [6, 6.07) is -0.182. The van der Waals surface area contributed by atoms with Gasteiger partial charge in [-0.1, -0.05) is 25.7 Å². The highest BCUT2D eigenvalue weighted by Crippen LogP contribution is 2.32. The van der Waals surface area contributed by atoms with Crippen LogP contribution in [0.4, 0.5) is 4.79 Å². The van der Waals surface area contributed by atoms with Crippen molar-refractivity contribution in [1.29, 1.82) is 0 Å². The number of carbonyl (C=O) groups is 2. The van der Waals surface area contributed by atoms with E-state index in [-0.39, 0.29) is 11.9 Å². The quantitative estimate of drug-likeness (QED) is 0.773. The fourth-order valence-electron chi connectivity index (χ4n) is 3.60. The van der Waals surface area contributed by atoms with Crippen molar-refractivity contribution in [2.24, 2.45) is 0 Å². The van der Waals surface area contributed by atoms with Crippen molar-refractivity contribution in [3.63, 3.8) is 0 Å². The van der Waals surface area contributed by atoms with Crippen LogP contribution < -0.4 is 5.32 Å². The lowest BCUT2D eigenvalue weighted by Gasteiger charge is -2.26. The molecule has 0 unspecified atom stereocenters. The highest BCUT2D eigenvalue weighted by atomic mass is 16.2. The van der Waals surface area contributed by atoms with Gasteiger partial charge in [-0.3, -0.25) is 9.69 Å². The number of nitrogens with one attached hydrogen (secondary N) is 1. The zero-order valence-corrected chi connectivity index (χ0v) is 11.5. The third-order valence-corrected chi connectivity index (χ3v) is 4.74. The van der Waals surface area contributed by atoms with Gasteiger partial charge in [0.15, 0.2) is 0 Å². The Kier molecular flexibility index (Phi) is 3.48. The summed E-state index contributed by atoms with van der Waals surface area (Å²) in [4.78, 5) is 28.4. The summed E-state index contributed by atoms with van der Waals surface area (Å²) in [5.74, 6) is 0.0197. The summed E-state index contributed by atoms with van der Waals surface area (Å²) in [6.45, 7) is 2.49. The lowest BCUT2D eigenvalue weighted by atomic mass is 9.90. The largest absolute Gasteiger partial charge is 0.326 e. The fraction of sp³-hybridized carbons (Fsp3) is 0.857. The number of imide groups is 1. The van der Waals surface area contributed by atoms with Crippen molar-refractivity contribution in [3.05, 3.63) is 0 Å². The molecule has 3 rings (SSSR count). The second kappa shape index (κ2) is 5.12. The van der Waals surface area contributed by atoms with Crippen LogP contribution in [-0.4, -0.2) is 47.0 Å².